The van der Waals surface area contributed by atoms with Crippen molar-refractivity contribution in [3.63, 3.8) is 0 Å². The Labute approximate surface area is 84.9 Å². The van der Waals surface area contributed by atoms with Crippen molar-refractivity contribution in [2.24, 2.45) is 0 Å². The predicted molar refractivity (Wildman–Crippen MR) is 49.1 cm³/mol. The van der Waals surface area contributed by atoms with Gasteiger partial charge >= 0.3 is 0 Å². The molecule has 78 valence electrons. The molecule has 1 rings (SSSR count). The van der Waals surface area contributed by atoms with Gasteiger partial charge < -0.3 is 5.32 Å². The molecule has 0 aliphatic carbocycles. The van der Waals surface area contributed by atoms with E-state index in [2.05, 4.69) is 5.32 Å². The zero-order valence-corrected chi connectivity index (χ0v) is 7.99. The molecule has 0 spiro atoms. The van der Waals surface area contributed by atoms with E-state index in [9.17, 15) is 13.2 Å². The molecule has 0 radical (unpaired) electrons. The Morgan fingerprint density at radius 1 is 1.36 bits per heavy atom. The van der Waals surface area contributed by atoms with Crippen LogP contribution in [-0.4, -0.2) is 13.0 Å². The maximum Gasteiger partial charge on any atom is 0.250 e. The molecule has 1 nitrogen and oxygen atoms in total. The van der Waals surface area contributed by atoms with Crippen LogP contribution in [0.15, 0.2) is 18.2 Å². The lowest BCUT2D eigenvalue weighted by Crippen LogP contribution is -2.21. The number of hydrogen-bond acceptors (Lipinski definition) is 1. The Bertz CT molecular complexity index is 304. The average molecular weight is 224 g/mol. The van der Waals surface area contributed by atoms with Crippen molar-refractivity contribution in [3.05, 3.63) is 34.6 Å². The molecular weight excluding hydrogens is 215 g/mol. The van der Waals surface area contributed by atoms with E-state index in [0.717, 1.165) is 6.07 Å². The van der Waals surface area contributed by atoms with Crippen molar-refractivity contribution in [1.82, 2.24) is 5.32 Å². The van der Waals surface area contributed by atoms with Gasteiger partial charge in [0.05, 0.1) is 6.54 Å². The molecule has 1 aromatic rings. The van der Waals surface area contributed by atoms with E-state index in [1.807, 2.05) is 0 Å². The first-order chi connectivity index (χ1) is 6.59. The molecule has 0 fully saturated rings. The summed E-state index contributed by atoms with van der Waals surface area (Å²) in [5.41, 5.74) is 0.329. The number of nitrogens with one attached hydrogen (secondary N) is 1. The Morgan fingerprint density at radius 3 is 2.64 bits per heavy atom. The molecule has 0 aliphatic heterocycles. The normalized spacial score (nSPS) is 10.9. The number of rotatable bonds is 4. The second-order valence-electron chi connectivity index (χ2n) is 2.76. The maximum atomic E-state index is 13.1. The van der Waals surface area contributed by atoms with Crippen LogP contribution in [0.4, 0.5) is 13.2 Å². The van der Waals surface area contributed by atoms with Crippen LogP contribution in [0.2, 0.25) is 5.02 Å². The van der Waals surface area contributed by atoms with Crippen LogP contribution in [0.3, 0.4) is 0 Å². The summed E-state index contributed by atoms with van der Waals surface area (Å²) in [5, 5.41) is 2.72. The number of alkyl halides is 2. The third-order valence-electron chi connectivity index (χ3n) is 1.63. The molecule has 0 unspecified atom stereocenters. The summed E-state index contributed by atoms with van der Waals surface area (Å²) >= 11 is 5.52. The van der Waals surface area contributed by atoms with Crippen molar-refractivity contribution in [2.45, 2.75) is 13.0 Å². The molecule has 0 bridgehead atoms. The van der Waals surface area contributed by atoms with Crippen LogP contribution >= 0.6 is 11.6 Å². The Hall–Kier alpha value is -0.740. The largest absolute Gasteiger partial charge is 0.307 e. The molecular formula is C9H9ClF3N. The molecule has 0 aliphatic rings. The van der Waals surface area contributed by atoms with Gasteiger partial charge in [-0.15, -0.1) is 0 Å². The SMILES string of the molecule is Fc1cc(Cl)ccc1CNCC(F)F. The minimum absolute atomic E-state index is 0.0767. The summed E-state index contributed by atoms with van der Waals surface area (Å²) in [6, 6.07) is 4.14. The van der Waals surface area contributed by atoms with Crippen molar-refractivity contribution in [3.8, 4) is 0 Å². The molecule has 0 aromatic heterocycles. The second-order valence-corrected chi connectivity index (χ2v) is 3.19. The third-order valence-corrected chi connectivity index (χ3v) is 1.86. The lowest BCUT2D eigenvalue weighted by molar-refractivity contribution is 0.145. The molecule has 0 saturated carbocycles. The molecule has 14 heavy (non-hydrogen) atoms. The summed E-state index contributed by atoms with van der Waals surface area (Å²) in [4.78, 5) is 0. The molecule has 1 N–H and O–H groups in total. The number of hydrogen-bond donors (Lipinski definition) is 1. The van der Waals surface area contributed by atoms with E-state index < -0.39 is 18.8 Å². The van der Waals surface area contributed by atoms with Gasteiger partial charge in [0.25, 0.3) is 6.43 Å². The fraction of sp³-hybridized carbons (Fsp3) is 0.333. The van der Waals surface area contributed by atoms with Crippen molar-refractivity contribution in [1.29, 1.82) is 0 Å². The van der Waals surface area contributed by atoms with E-state index in [1.54, 1.807) is 0 Å². The fourth-order valence-electron chi connectivity index (χ4n) is 0.981. The van der Waals surface area contributed by atoms with Gasteiger partial charge in [-0.25, -0.2) is 13.2 Å². The predicted octanol–water partition coefficient (Wildman–Crippen LogP) is 2.83. The van der Waals surface area contributed by atoms with E-state index in [4.69, 9.17) is 11.6 Å². The smallest absolute Gasteiger partial charge is 0.250 e. The van der Waals surface area contributed by atoms with Crippen LogP contribution < -0.4 is 5.32 Å². The van der Waals surface area contributed by atoms with E-state index in [-0.39, 0.29) is 6.54 Å². The first-order valence-corrected chi connectivity index (χ1v) is 4.40. The summed E-state index contributed by atoms with van der Waals surface area (Å²) in [6.07, 6.45) is -2.43. The van der Waals surface area contributed by atoms with E-state index in [0.29, 0.717) is 10.6 Å². The molecule has 5 heteroatoms. The zero-order valence-electron chi connectivity index (χ0n) is 7.24. The van der Waals surface area contributed by atoms with Crippen molar-refractivity contribution in [2.75, 3.05) is 6.54 Å². The lowest BCUT2D eigenvalue weighted by atomic mass is 10.2. The van der Waals surface area contributed by atoms with Crippen LogP contribution in [-0.2, 0) is 6.54 Å². The lowest BCUT2D eigenvalue weighted by Gasteiger charge is -2.05. The Kier molecular flexibility index (Phi) is 4.22. The first kappa shape index (κ1) is 11.3. The number of halogens is 4. The highest BCUT2D eigenvalue weighted by Gasteiger charge is 2.04. The third kappa shape index (κ3) is 3.55. The van der Waals surface area contributed by atoms with Gasteiger partial charge in [-0.05, 0) is 12.1 Å². The molecule has 0 atom stereocenters. The highest BCUT2D eigenvalue weighted by atomic mass is 35.5. The summed E-state index contributed by atoms with van der Waals surface area (Å²) in [5.74, 6) is -0.487. The van der Waals surface area contributed by atoms with Gasteiger partial charge in [-0.1, -0.05) is 17.7 Å². The van der Waals surface area contributed by atoms with Crippen LogP contribution in [0, 0.1) is 5.82 Å². The summed E-state index contributed by atoms with van der Waals surface area (Å²) in [6.45, 7) is -0.366. The minimum Gasteiger partial charge on any atom is -0.307 e. The van der Waals surface area contributed by atoms with Crippen LogP contribution in [0.1, 0.15) is 5.56 Å². The van der Waals surface area contributed by atoms with Gasteiger partial charge in [-0.2, -0.15) is 0 Å². The van der Waals surface area contributed by atoms with Gasteiger partial charge in [0.15, 0.2) is 0 Å². The van der Waals surface area contributed by atoms with Gasteiger partial charge in [0.1, 0.15) is 5.82 Å². The van der Waals surface area contributed by atoms with E-state index >= 15 is 0 Å². The standard InChI is InChI=1S/C9H9ClF3N/c10-7-2-1-6(8(11)3-7)4-14-5-9(12)13/h1-3,9,14H,4-5H2. The second kappa shape index (κ2) is 5.22. The fourth-order valence-corrected chi connectivity index (χ4v) is 1.14. The Balaban J connectivity index is 2.51. The average Bonchev–Trinajstić information content (AvgIpc) is 2.08. The van der Waals surface area contributed by atoms with Crippen molar-refractivity contribution >= 4 is 11.6 Å². The molecule has 1 aromatic carbocycles. The highest BCUT2D eigenvalue weighted by molar-refractivity contribution is 6.30. The van der Waals surface area contributed by atoms with Gasteiger partial charge in [0, 0.05) is 17.1 Å². The van der Waals surface area contributed by atoms with Crippen LogP contribution in [0.5, 0.6) is 0 Å². The summed E-state index contributed by atoms with van der Waals surface area (Å²) in [7, 11) is 0. The van der Waals surface area contributed by atoms with E-state index in [1.165, 1.54) is 12.1 Å². The van der Waals surface area contributed by atoms with Crippen molar-refractivity contribution < 1.29 is 13.2 Å². The van der Waals surface area contributed by atoms with Crippen LogP contribution in [0.25, 0.3) is 0 Å². The zero-order chi connectivity index (χ0) is 10.6. The molecule has 0 heterocycles. The van der Waals surface area contributed by atoms with Gasteiger partial charge in [0.2, 0.25) is 0 Å². The molecule has 0 saturated heterocycles. The number of benzene rings is 1. The minimum atomic E-state index is -2.43. The quantitative estimate of drug-likeness (QED) is 0.828. The first-order valence-electron chi connectivity index (χ1n) is 4.02. The maximum absolute atomic E-state index is 13.1. The topological polar surface area (TPSA) is 12.0 Å². The summed E-state index contributed by atoms with van der Waals surface area (Å²) < 4.78 is 36.5. The monoisotopic (exact) mass is 223 g/mol. The Morgan fingerprint density at radius 2 is 2.07 bits per heavy atom. The highest BCUT2D eigenvalue weighted by Crippen LogP contribution is 2.14. The molecule has 0 amide bonds. The van der Waals surface area contributed by atoms with Gasteiger partial charge in [-0.3, -0.25) is 0 Å².